The third-order valence-corrected chi connectivity index (χ3v) is 6.29. The molecule has 0 bridgehead atoms. The van der Waals surface area contributed by atoms with E-state index in [-0.39, 0.29) is 17.7 Å². The van der Waals surface area contributed by atoms with Crippen LogP contribution >= 0.6 is 0 Å². The van der Waals surface area contributed by atoms with Crippen molar-refractivity contribution in [1.29, 1.82) is 0 Å². The van der Waals surface area contributed by atoms with Gasteiger partial charge in [0.15, 0.2) is 0 Å². The summed E-state index contributed by atoms with van der Waals surface area (Å²) in [6.45, 7) is 7.99. The van der Waals surface area contributed by atoms with Crippen molar-refractivity contribution in [2.24, 2.45) is 5.92 Å². The molecule has 1 saturated heterocycles. The number of hydrogen-bond donors (Lipinski definition) is 0. The summed E-state index contributed by atoms with van der Waals surface area (Å²) < 4.78 is 5.33. The Balaban J connectivity index is 1.58. The van der Waals surface area contributed by atoms with E-state index < -0.39 is 0 Å². The Bertz CT molecular complexity index is 1020. The third-order valence-electron chi connectivity index (χ3n) is 6.29. The molecule has 0 radical (unpaired) electrons. The summed E-state index contributed by atoms with van der Waals surface area (Å²) in [5.74, 6) is 2.91. The minimum Gasteiger partial charge on any atom is -0.497 e. The molecule has 32 heavy (non-hydrogen) atoms. The Morgan fingerprint density at radius 3 is 2.84 bits per heavy atom. The van der Waals surface area contributed by atoms with E-state index in [2.05, 4.69) is 13.8 Å². The van der Waals surface area contributed by atoms with E-state index in [1.165, 1.54) is 0 Å². The number of fused-ring (bicyclic) bond motifs is 1. The molecule has 0 N–H and O–H groups in total. The summed E-state index contributed by atoms with van der Waals surface area (Å²) in [6, 6.07) is 7.75. The van der Waals surface area contributed by atoms with Crippen LogP contribution in [0, 0.1) is 12.8 Å². The fraction of sp³-hybridized carbons (Fsp3) is 0.520. The maximum Gasteiger partial charge on any atom is 0.233 e. The quantitative estimate of drug-likeness (QED) is 0.691. The molecule has 2 aliphatic heterocycles. The number of carbonyl (C=O) groups is 2. The average molecular weight is 437 g/mol. The van der Waals surface area contributed by atoms with Crippen molar-refractivity contribution in [3.63, 3.8) is 0 Å². The fourth-order valence-corrected chi connectivity index (χ4v) is 4.59. The first kappa shape index (κ1) is 22.2. The minimum absolute atomic E-state index is 0.0368. The zero-order chi connectivity index (χ0) is 22.8. The smallest absolute Gasteiger partial charge is 0.233 e. The predicted octanol–water partition coefficient (Wildman–Crippen LogP) is 3.64. The van der Waals surface area contributed by atoms with E-state index in [0.717, 1.165) is 47.8 Å². The van der Waals surface area contributed by atoms with Gasteiger partial charge in [-0.25, -0.2) is 9.97 Å². The Kier molecular flexibility index (Phi) is 6.44. The number of nitrogens with zero attached hydrogens (tertiary/aromatic N) is 4. The molecule has 0 saturated carbocycles. The van der Waals surface area contributed by atoms with Crippen LogP contribution < -0.4 is 9.64 Å². The number of ether oxygens (including phenoxy) is 1. The molecule has 7 nitrogen and oxygen atoms in total. The van der Waals surface area contributed by atoms with E-state index in [0.29, 0.717) is 37.7 Å². The molecule has 1 atom stereocenters. The van der Waals surface area contributed by atoms with Crippen LogP contribution in [-0.4, -0.2) is 46.9 Å². The summed E-state index contributed by atoms with van der Waals surface area (Å²) in [4.78, 5) is 38.8. The van der Waals surface area contributed by atoms with Gasteiger partial charge >= 0.3 is 0 Å². The first-order chi connectivity index (χ1) is 15.4. The van der Waals surface area contributed by atoms with Crippen LogP contribution in [0.1, 0.15) is 61.7 Å². The molecule has 0 aliphatic carbocycles. The molecule has 1 fully saturated rings. The van der Waals surface area contributed by atoms with Gasteiger partial charge in [0.2, 0.25) is 11.8 Å². The van der Waals surface area contributed by atoms with Gasteiger partial charge in [-0.2, -0.15) is 0 Å². The molecule has 2 amide bonds. The molecule has 1 aromatic carbocycles. The summed E-state index contributed by atoms with van der Waals surface area (Å²) >= 11 is 0. The third kappa shape index (κ3) is 4.61. The Morgan fingerprint density at radius 2 is 2.09 bits per heavy atom. The van der Waals surface area contributed by atoms with Gasteiger partial charge in [0.05, 0.1) is 20.1 Å². The van der Waals surface area contributed by atoms with E-state index in [1.807, 2.05) is 36.1 Å². The van der Waals surface area contributed by atoms with E-state index in [9.17, 15) is 9.59 Å². The minimum atomic E-state index is 0.0368. The highest BCUT2D eigenvalue weighted by molar-refractivity contribution is 6.00. The molecule has 2 aromatic rings. The lowest BCUT2D eigenvalue weighted by molar-refractivity contribution is -0.133. The molecular formula is C25H32N4O3. The molecule has 7 heteroatoms. The van der Waals surface area contributed by atoms with Gasteiger partial charge in [0.25, 0.3) is 0 Å². The van der Waals surface area contributed by atoms with Crippen LogP contribution in [0.3, 0.4) is 0 Å². The summed E-state index contributed by atoms with van der Waals surface area (Å²) in [7, 11) is 1.64. The Morgan fingerprint density at radius 1 is 1.28 bits per heavy atom. The van der Waals surface area contributed by atoms with Crippen LogP contribution in [0.4, 0.5) is 5.82 Å². The topological polar surface area (TPSA) is 75.6 Å². The van der Waals surface area contributed by atoms with Gasteiger partial charge < -0.3 is 9.64 Å². The largest absolute Gasteiger partial charge is 0.497 e. The highest BCUT2D eigenvalue weighted by Gasteiger charge is 2.34. The summed E-state index contributed by atoms with van der Waals surface area (Å²) in [6.07, 6.45) is 2.79. The molecule has 170 valence electrons. The van der Waals surface area contributed by atoms with Gasteiger partial charge in [-0.3, -0.25) is 14.5 Å². The molecule has 0 spiro atoms. The maximum atomic E-state index is 12.8. The van der Waals surface area contributed by atoms with Crippen LogP contribution in [0.15, 0.2) is 24.3 Å². The number of methoxy groups -OCH3 is 1. The first-order valence-corrected chi connectivity index (χ1v) is 11.4. The van der Waals surface area contributed by atoms with Gasteiger partial charge in [-0.05, 0) is 43.4 Å². The zero-order valence-electron chi connectivity index (χ0n) is 19.4. The van der Waals surface area contributed by atoms with Gasteiger partial charge in [0.1, 0.15) is 17.4 Å². The van der Waals surface area contributed by atoms with Crippen molar-refractivity contribution in [1.82, 2.24) is 14.9 Å². The van der Waals surface area contributed by atoms with E-state index >= 15 is 0 Å². The van der Waals surface area contributed by atoms with Crippen molar-refractivity contribution in [2.75, 3.05) is 25.1 Å². The first-order valence-electron chi connectivity index (χ1n) is 11.4. The van der Waals surface area contributed by atoms with Crippen molar-refractivity contribution >= 4 is 17.6 Å². The zero-order valence-corrected chi connectivity index (χ0v) is 19.4. The fourth-order valence-electron chi connectivity index (χ4n) is 4.59. The average Bonchev–Trinajstić information content (AvgIpc) is 3.09. The lowest BCUT2D eigenvalue weighted by atomic mass is 9.96. The van der Waals surface area contributed by atoms with E-state index in [1.54, 1.807) is 12.0 Å². The number of carbonyl (C=O) groups excluding carboxylic acids is 2. The summed E-state index contributed by atoms with van der Waals surface area (Å²) in [5, 5.41) is 0. The number of amides is 2. The Labute approximate surface area is 189 Å². The van der Waals surface area contributed by atoms with Gasteiger partial charge in [0, 0.05) is 36.7 Å². The van der Waals surface area contributed by atoms with Crippen LogP contribution in [0.5, 0.6) is 5.75 Å². The standard InChI is InChI=1S/C25H32N4O3/c1-16(2)11-22(30)28-10-6-8-19(15-28)24-26-17(3)21-13-23(31)29(25(21)27-24)14-18-7-5-9-20(12-18)32-4/h5,7,9,12,16,19H,6,8,10-11,13-15H2,1-4H3/t19-/m0/s1. The number of anilines is 1. The van der Waals surface area contributed by atoms with Crippen molar-refractivity contribution in [3.05, 3.63) is 46.9 Å². The van der Waals surface area contributed by atoms with Crippen molar-refractivity contribution < 1.29 is 14.3 Å². The number of hydrogen-bond acceptors (Lipinski definition) is 5. The van der Waals surface area contributed by atoms with Crippen LogP contribution in [-0.2, 0) is 22.6 Å². The van der Waals surface area contributed by atoms with Crippen molar-refractivity contribution in [2.45, 2.75) is 58.9 Å². The number of aromatic nitrogens is 2. The second kappa shape index (κ2) is 9.27. The SMILES string of the molecule is COc1cccc(CN2C(=O)Cc3c(C)nc([C@H]4CCCN(C(=O)CC(C)C)C4)nc32)c1. The monoisotopic (exact) mass is 436 g/mol. The lowest BCUT2D eigenvalue weighted by Crippen LogP contribution is -2.40. The summed E-state index contributed by atoms with van der Waals surface area (Å²) in [5.41, 5.74) is 2.76. The van der Waals surface area contributed by atoms with Gasteiger partial charge in [-0.15, -0.1) is 0 Å². The number of likely N-dealkylation sites (tertiary alicyclic amines) is 1. The van der Waals surface area contributed by atoms with Crippen LogP contribution in [0.25, 0.3) is 0 Å². The second-order valence-corrected chi connectivity index (χ2v) is 9.25. The highest BCUT2D eigenvalue weighted by Crippen LogP contribution is 2.34. The number of rotatable bonds is 6. The number of benzene rings is 1. The Hall–Kier alpha value is -2.96. The van der Waals surface area contributed by atoms with E-state index in [4.69, 9.17) is 14.7 Å². The van der Waals surface area contributed by atoms with Crippen LogP contribution in [0.2, 0.25) is 0 Å². The molecule has 2 aliphatic rings. The maximum absolute atomic E-state index is 12.8. The van der Waals surface area contributed by atoms with Crippen molar-refractivity contribution in [3.8, 4) is 5.75 Å². The molecule has 0 unspecified atom stereocenters. The lowest BCUT2D eigenvalue weighted by Gasteiger charge is -2.33. The number of piperidine rings is 1. The normalized spacial score (nSPS) is 18.3. The van der Waals surface area contributed by atoms with Gasteiger partial charge in [-0.1, -0.05) is 26.0 Å². The molecule has 3 heterocycles. The molecule has 1 aromatic heterocycles. The molecular weight excluding hydrogens is 404 g/mol. The predicted molar refractivity (Wildman–Crippen MR) is 123 cm³/mol. The highest BCUT2D eigenvalue weighted by atomic mass is 16.5. The second-order valence-electron chi connectivity index (χ2n) is 9.25. The molecule has 4 rings (SSSR count). The number of aryl methyl sites for hydroxylation is 1.